The Bertz CT molecular complexity index is 1260. The first-order valence-corrected chi connectivity index (χ1v) is 9.78. The predicted molar refractivity (Wildman–Crippen MR) is 121 cm³/mol. The van der Waals surface area contributed by atoms with Gasteiger partial charge in [-0.2, -0.15) is 5.10 Å². The summed E-state index contributed by atoms with van der Waals surface area (Å²) in [5.41, 5.74) is 5.75. The molecule has 1 heterocycles. The van der Waals surface area contributed by atoms with Gasteiger partial charge in [0, 0.05) is 16.9 Å². The van der Waals surface area contributed by atoms with Crippen LogP contribution in [0.25, 0.3) is 16.5 Å². The van der Waals surface area contributed by atoms with Crippen molar-refractivity contribution in [1.29, 1.82) is 0 Å². The third-order valence-electron chi connectivity index (χ3n) is 4.89. The summed E-state index contributed by atoms with van der Waals surface area (Å²) in [6.45, 7) is 1.96. The van der Waals surface area contributed by atoms with Crippen molar-refractivity contribution in [1.82, 2.24) is 9.99 Å². The van der Waals surface area contributed by atoms with Crippen molar-refractivity contribution in [2.75, 3.05) is 7.11 Å². The molecule has 0 saturated heterocycles. The summed E-state index contributed by atoms with van der Waals surface area (Å²) in [6, 6.07) is 21.1. The van der Waals surface area contributed by atoms with Gasteiger partial charge in [-0.3, -0.25) is 4.79 Å². The van der Waals surface area contributed by atoms with Gasteiger partial charge in [0.1, 0.15) is 5.75 Å². The molecule has 4 aromatic rings. The molecule has 0 unspecified atom stereocenters. The number of nitrogens with one attached hydrogen (secondary N) is 1. The van der Waals surface area contributed by atoms with Crippen LogP contribution in [0.15, 0.2) is 78.0 Å². The minimum atomic E-state index is -0.342. The van der Waals surface area contributed by atoms with E-state index in [-0.39, 0.29) is 5.91 Å². The molecule has 0 spiro atoms. The number of nitrogens with zero attached hydrogens (tertiary/aromatic N) is 2. The van der Waals surface area contributed by atoms with Crippen molar-refractivity contribution in [2.45, 2.75) is 6.92 Å². The number of ether oxygens (including phenoxy) is 1. The number of hydrogen-bond acceptors (Lipinski definition) is 3. The van der Waals surface area contributed by atoms with Crippen LogP contribution >= 0.6 is 11.6 Å². The number of hydrazone groups is 1. The molecule has 0 aliphatic rings. The number of carbonyl (C=O) groups is 1. The fraction of sp³-hybridized carbons (Fsp3) is 0.0833. The number of hydrogen-bond donors (Lipinski definition) is 1. The highest BCUT2D eigenvalue weighted by molar-refractivity contribution is 6.31. The fourth-order valence-electron chi connectivity index (χ4n) is 3.25. The van der Waals surface area contributed by atoms with Crippen LogP contribution in [-0.2, 0) is 0 Å². The lowest BCUT2D eigenvalue weighted by Crippen LogP contribution is -2.18. The summed E-state index contributed by atoms with van der Waals surface area (Å²) in [6.07, 6.45) is 3.51. The van der Waals surface area contributed by atoms with E-state index in [9.17, 15) is 4.79 Å². The second-order valence-electron chi connectivity index (χ2n) is 6.84. The van der Waals surface area contributed by atoms with E-state index < -0.39 is 0 Å². The van der Waals surface area contributed by atoms with Gasteiger partial charge in [0.25, 0.3) is 5.91 Å². The quantitative estimate of drug-likeness (QED) is 0.351. The molecule has 4 rings (SSSR count). The number of carbonyl (C=O) groups excluding carboxylic acids is 1. The molecule has 1 amide bonds. The van der Waals surface area contributed by atoms with Gasteiger partial charge in [-0.15, -0.1) is 0 Å². The maximum Gasteiger partial charge on any atom is 0.275 e. The molecular formula is C24H20ClN3O2. The van der Waals surface area contributed by atoms with Gasteiger partial charge < -0.3 is 9.30 Å². The third kappa shape index (κ3) is 3.93. The van der Waals surface area contributed by atoms with Crippen LogP contribution in [0.3, 0.4) is 0 Å². The Morgan fingerprint density at radius 1 is 1.07 bits per heavy atom. The van der Waals surface area contributed by atoms with Crippen LogP contribution < -0.4 is 10.2 Å². The van der Waals surface area contributed by atoms with Crippen molar-refractivity contribution in [3.05, 3.63) is 94.8 Å². The topological polar surface area (TPSA) is 55.6 Å². The Morgan fingerprint density at radius 2 is 1.83 bits per heavy atom. The number of amides is 1. The molecule has 0 fully saturated rings. The zero-order chi connectivity index (χ0) is 21.1. The average Bonchev–Trinajstić information content (AvgIpc) is 3.23. The summed E-state index contributed by atoms with van der Waals surface area (Å²) in [4.78, 5) is 12.7. The number of rotatable bonds is 5. The zero-order valence-electron chi connectivity index (χ0n) is 16.6. The Kier molecular flexibility index (Phi) is 5.55. The summed E-state index contributed by atoms with van der Waals surface area (Å²) >= 11 is 6.25. The maximum atomic E-state index is 12.7. The molecule has 30 heavy (non-hydrogen) atoms. The number of methoxy groups -OCH3 is 1. The van der Waals surface area contributed by atoms with Gasteiger partial charge in [-0.1, -0.05) is 41.9 Å². The van der Waals surface area contributed by atoms with E-state index in [4.69, 9.17) is 16.3 Å². The molecule has 1 N–H and O–H groups in total. The molecule has 0 atom stereocenters. The SMILES string of the molecule is COc1cc2ccccc2cc1C(=O)NN=Cc1cccn1-c1ccc(C)c(Cl)c1. The van der Waals surface area contributed by atoms with Crippen molar-refractivity contribution in [3.8, 4) is 11.4 Å². The first-order valence-electron chi connectivity index (χ1n) is 9.41. The van der Waals surface area contributed by atoms with Gasteiger partial charge in [0.2, 0.25) is 0 Å². The Balaban J connectivity index is 1.56. The van der Waals surface area contributed by atoms with Gasteiger partial charge in [0.05, 0.1) is 24.6 Å². The molecule has 0 saturated carbocycles. The van der Waals surface area contributed by atoms with Gasteiger partial charge in [0.15, 0.2) is 0 Å². The molecule has 5 nitrogen and oxygen atoms in total. The van der Waals surface area contributed by atoms with Crippen molar-refractivity contribution < 1.29 is 9.53 Å². The molecule has 0 aliphatic carbocycles. The number of fused-ring (bicyclic) bond motifs is 1. The summed E-state index contributed by atoms with van der Waals surface area (Å²) in [7, 11) is 1.55. The van der Waals surface area contributed by atoms with Crippen LogP contribution in [0.5, 0.6) is 5.75 Å². The molecule has 0 bridgehead atoms. The number of aryl methyl sites for hydroxylation is 1. The highest BCUT2D eigenvalue weighted by atomic mass is 35.5. The second-order valence-corrected chi connectivity index (χ2v) is 7.24. The Labute approximate surface area is 179 Å². The van der Waals surface area contributed by atoms with Crippen LogP contribution in [0, 0.1) is 6.92 Å². The molecule has 1 aromatic heterocycles. The predicted octanol–water partition coefficient (Wildman–Crippen LogP) is 5.36. The Morgan fingerprint density at radius 3 is 2.57 bits per heavy atom. The first kappa shape index (κ1) is 19.7. The lowest BCUT2D eigenvalue weighted by Gasteiger charge is -2.10. The molecule has 6 heteroatoms. The Hall–Kier alpha value is -3.57. The standard InChI is InChI=1S/C24H20ClN3O2/c1-16-9-10-19(14-22(16)25)28-11-5-8-20(28)15-26-27-24(29)21-12-17-6-3-4-7-18(17)13-23(21)30-2/h3-15H,1-2H3,(H,27,29). The average molecular weight is 418 g/mol. The van der Waals surface area contributed by atoms with E-state index >= 15 is 0 Å². The van der Waals surface area contributed by atoms with E-state index in [2.05, 4.69) is 10.5 Å². The van der Waals surface area contributed by atoms with Crippen molar-refractivity contribution in [3.63, 3.8) is 0 Å². The van der Waals surface area contributed by atoms with E-state index in [0.29, 0.717) is 16.3 Å². The third-order valence-corrected chi connectivity index (χ3v) is 5.30. The van der Waals surface area contributed by atoms with Crippen LogP contribution in [0.1, 0.15) is 21.6 Å². The van der Waals surface area contributed by atoms with Crippen LogP contribution in [0.4, 0.5) is 0 Å². The highest BCUT2D eigenvalue weighted by Gasteiger charge is 2.13. The lowest BCUT2D eigenvalue weighted by molar-refractivity contribution is 0.0952. The fourth-order valence-corrected chi connectivity index (χ4v) is 3.42. The van der Waals surface area contributed by atoms with Crippen molar-refractivity contribution >= 4 is 34.5 Å². The molecule has 3 aromatic carbocycles. The van der Waals surface area contributed by atoms with Crippen molar-refractivity contribution in [2.24, 2.45) is 5.10 Å². The van der Waals surface area contributed by atoms with Gasteiger partial charge in [-0.25, -0.2) is 5.43 Å². The van der Waals surface area contributed by atoms with E-state index in [1.165, 1.54) is 0 Å². The number of benzene rings is 3. The smallest absolute Gasteiger partial charge is 0.275 e. The number of aromatic nitrogens is 1. The molecule has 150 valence electrons. The minimum absolute atomic E-state index is 0.342. The largest absolute Gasteiger partial charge is 0.496 e. The van der Waals surface area contributed by atoms with Gasteiger partial charge >= 0.3 is 0 Å². The van der Waals surface area contributed by atoms with Crippen LogP contribution in [-0.4, -0.2) is 23.8 Å². The molecular weight excluding hydrogens is 398 g/mol. The zero-order valence-corrected chi connectivity index (χ0v) is 17.4. The maximum absolute atomic E-state index is 12.7. The molecule has 0 radical (unpaired) electrons. The normalized spacial score (nSPS) is 11.2. The van der Waals surface area contributed by atoms with Crippen LogP contribution in [0.2, 0.25) is 5.02 Å². The highest BCUT2D eigenvalue weighted by Crippen LogP contribution is 2.26. The monoisotopic (exact) mass is 417 g/mol. The second kappa shape index (κ2) is 8.43. The summed E-state index contributed by atoms with van der Waals surface area (Å²) in [5, 5.41) is 6.79. The van der Waals surface area contributed by atoms with E-state index in [0.717, 1.165) is 27.7 Å². The number of halogens is 1. The van der Waals surface area contributed by atoms with Gasteiger partial charge in [-0.05, 0) is 59.7 Å². The first-order chi connectivity index (χ1) is 14.6. The minimum Gasteiger partial charge on any atom is -0.496 e. The van der Waals surface area contributed by atoms with E-state index in [1.807, 2.05) is 78.4 Å². The summed E-state index contributed by atoms with van der Waals surface area (Å²) < 4.78 is 7.34. The summed E-state index contributed by atoms with van der Waals surface area (Å²) in [5.74, 6) is 0.157. The lowest BCUT2D eigenvalue weighted by atomic mass is 10.1. The van der Waals surface area contributed by atoms with E-state index in [1.54, 1.807) is 19.4 Å². The molecule has 0 aliphatic heterocycles.